The average molecular weight is 1150 g/mol. The van der Waals surface area contributed by atoms with Crippen molar-refractivity contribution in [3.63, 3.8) is 0 Å². The van der Waals surface area contributed by atoms with Gasteiger partial charge in [0.25, 0.3) is 11.8 Å². The van der Waals surface area contributed by atoms with Crippen LogP contribution in [0.1, 0.15) is 135 Å². The zero-order valence-corrected chi connectivity index (χ0v) is 49.4. The lowest BCUT2D eigenvalue weighted by atomic mass is 10.1. The zero-order chi connectivity index (χ0) is 58.6. The van der Waals surface area contributed by atoms with E-state index in [0.717, 1.165) is 127 Å². The molecule has 0 bridgehead atoms. The van der Waals surface area contributed by atoms with Crippen LogP contribution in [0, 0.1) is 0 Å². The van der Waals surface area contributed by atoms with Crippen LogP contribution in [0.3, 0.4) is 0 Å². The van der Waals surface area contributed by atoms with Crippen molar-refractivity contribution in [2.45, 2.75) is 115 Å². The Hall–Kier alpha value is -8.02. The predicted molar refractivity (Wildman–Crippen MR) is 325 cm³/mol. The van der Waals surface area contributed by atoms with Crippen LogP contribution in [0.15, 0.2) is 82.8 Å². The average Bonchev–Trinajstić information content (AvgIpc) is 3.78. The van der Waals surface area contributed by atoms with Crippen molar-refractivity contribution in [3.8, 4) is 46.0 Å². The van der Waals surface area contributed by atoms with Gasteiger partial charge in [-0.15, -0.1) is 0 Å². The van der Waals surface area contributed by atoms with Crippen molar-refractivity contribution < 1.29 is 57.1 Å². The number of unbranched alkanes of at least 4 members (excludes halogenated alkanes) is 10. The Labute approximate surface area is 494 Å². The van der Waals surface area contributed by atoms with Gasteiger partial charge >= 0.3 is 0 Å². The summed E-state index contributed by atoms with van der Waals surface area (Å²) in [7, 11) is 6.40. The summed E-state index contributed by atoms with van der Waals surface area (Å²) >= 11 is 0. The molecule has 3 saturated heterocycles. The molecular formula is C66H82N6O12. The third-order valence-electron chi connectivity index (χ3n) is 16.1. The van der Waals surface area contributed by atoms with E-state index in [1.165, 1.54) is 0 Å². The number of methoxy groups -OCH3 is 4. The van der Waals surface area contributed by atoms with Gasteiger partial charge in [0.05, 0.1) is 89.5 Å². The number of amides is 4. The minimum atomic E-state index is -0.118. The zero-order valence-electron chi connectivity index (χ0n) is 49.4. The molecule has 84 heavy (non-hydrogen) atoms. The summed E-state index contributed by atoms with van der Waals surface area (Å²) in [5, 5.41) is 0. The Kier molecular flexibility index (Phi) is 22.0. The molecule has 18 heteroatoms. The van der Waals surface area contributed by atoms with Crippen LogP contribution in [-0.2, 0) is 9.59 Å². The standard InChI is InChI=1S/C66H82N6O12/c1-77-57-39-47(21-25-55(57)81-35-13-9-5-7-11-15-37-83-61-43-53-51(41-59(61)79-3)65(75)71-29-17-19-49(71)45-67-53)23-27-63(73)69-31-33-70(34-32-69)64(74)28-24-48-22-26-56(58(40-48)78-2)82-36-14-10-6-8-12-16-38-84-62-44-54-52(42-60(62)80-4)66(76)72-30-18-20-50(72)46-68-54/h21-28,39-46,49-50H,5-20,29-38H2,1-4H3/b27-23+,28-24+/t49-,50-/m0/s1. The summed E-state index contributed by atoms with van der Waals surface area (Å²) in [4.78, 5) is 69.3. The maximum absolute atomic E-state index is 13.2. The van der Waals surface area contributed by atoms with Gasteiger partial charge in [-0.25, -0.2) is 0 Å². The van der Waals surface area contributed by atoms with Crippen LogP contribution in [0.4, 0.5) is 11.4 Å². The molecule has 0 unspecified atom stereocenters. The highest BCUT2D eigenvalue weighted by molar-refractivity contribution is 6.04. The molecule has 5 aliphatic heterocycles. The summed E-state index contributed by atoms with van der Waals surface area (Å²) in [6.45, 7) is 5.47. The van der Waals surface area contributed by atoms with E-state index in [1.54, 1.807) is 74.7 Å². The summed E-state index contributed by atoms with van der Waals surface area (Å²) in [5.41, 5.74) is 4.01. The molecule has 5 aliphatic rings. The number of carbonyl (C=O) groups is 4. The summed E-state index contributed by atoms with van der Waals surface area (Å²) in [6, 6.07) is 18.6. The van der Waals surface area contributed by atoms with E-state index in [0.29, 0.717) is 121 Å². The molecule has 3 fully saturated rings. The molecule has 0 spiro atoms. The van der Waals surface area contributed by atoms with Gasteiger partial charge in [0.15, 0.2) is 46.0 Å². The molecule has 9 rings (SSSR count). The van der Waals surface area contributed by atoms with Gasteiger partial charge in [-0.2, -0.15) is 0 Å². The van der Waals surface area contributed by atoms with Crippen LogP contribution in [0.25, 0.3) is 12.2 Å². The van der Waals surface area contributed by atoms with Crippen molar-refractivity contribution in [1.29, 1.82) is 0 Å². The van der Waals surface area contributed by atoms with Crippen molar-refractivity contribution in [1.82, 2.24) is 19.6 Å². The van der Waals surface area contributed by atoms with Crippen LogP contribution in [-0.4, -0.2) is 162 Å². The largest absolute Gasteiger partial charge is 0.493 e. The molecule has 5 heterocycles. The molecule has 18 nitrogen and oxygen atoms in total. The molecule has 2 atom stereocenters. The van der Waals surface area contributed by atoms with Crippen LogP contribution in [0.2, 0.25) is 0 Å². The summed E-state index contributed by atoms with van der Waals surface area (Å²) < 4.78 is 46.9. The predicted octanol–water partition coefficient (Wildman–Crippen LogP) is 11.4. The first-order chi connectivity index (χ1) is 41.1. The normalized spacial score (nSPS) is 17.2. The maximum atomic E-state index is 13.2. The number of rotatable bonds is 30. The van der Waals surface area contributed by atoms with Crippen LogP contribution >= 0.6 is 0 Å². The smallest absolute Gasteiger partial charge is 0.256 e. The topological polar surface area (TPSA) is 180 Å². The Morgan fingerprint density at radius 1 is 0.440 bits per heavy atom. The van der Waals surface area contributed by atoms with Gasteiger partial charge in [-0.1, -0.05) is 63.5 Å². The third kappa shape index (κ3) is 15.8. The fraction of sp³-hybridized carbons (Fsp3) is 0.485. The van der Waals surface area contributed by atoms with E-state index in [2.05, 4.69) is 9.98 Å². The Morgan fingerprint density at radius 3 is 1.15 bits per heavy atom. The lowest BCUT2D eigenvalue weighted by Crippen LogP contribution is -2.49. The quantitative estimate of drug-likeness (QED) is 0.0357. The monoisotopic (exact) mass is 1150 g/mol. The second-order valence-electron chi connectivity index (χ2n) is 21.8. The van der Waals surface area contributed by atoms with Crippen molar-refractivity contribution in [3.05, 3.63) is 95.1 Å². The highest BCUT2D eigenvalue weighted by Gasteiger charge is 2.34. The van der Waals surface area contributed by atoms with E-state index in [9.17, 15) is 19.2 Å². The number of aliphatic imine (C=N–C) groups is 2. The molecule has 0 aromatic heterocycles. The third-order valence-corrected chi connectivity index (χ3v) is 16.1. The lowest BCUT2D eigenvalue weighted by Gasteiger charge is -2.33. The summed E-state index contributed by atoms with van der Waals surface area (Å²) in [6.07, 6.45) is 26.4. The first-order valence-corrected chi connectivity index (χ1v) is 30.1. The van der Waals surface area contributed by atoms with Gasteiger partial charge in [0, 0.05) is 76.0 Å². The molecule has 0 N–H and O–H groups in total. The van der Waals surface area contributed by atoms with Crippen molar-refractivity contribution in [2.24, 2.45) is 9.98 Å². The number of piperazine rings is 1. The van der Waals surface area contributed by atoms with Gasteiger partial charge in [0.2, 0.25) is 11.8 Å². The lowest BCUT2D eigenvalue weighted by molar-refractivity contribution is -0.133. The minimum absolute atomic E-state index is 0.00108. The number of nitrogens with zero attached hydrogens (tertiary/aromatic N) is 6. The molecule has 4 aromatic carbocycles. The van der Waals surface area contributed by atoms with E-state index >= 15 is 0 Å². The molecule has 0 saturated carbocycles. The molecule has 4 amide bonds. The number of benzene rings is 4. The number of ether oxygens (including phenoxy) is 8. The molecule has 4 aromatic rings. The first kappa shape index (κ1) is 60.6. The first-order valence-electron chi connectivity index (χ1n) is 30.1. The van der Waals surface area contributed by atoms with Gasteiger partial charge in [-0.3, -0.25) is 29.2 Å². The number of fused-ring (bicyclic) bond motifs is 4. The SMILES string of the molecule is COc1cc(/C=C/C(=O)N2CCN(C(=O)/C=C/c3ccc(OCCCCCCCCOc4cc5c(cc4OC)C(=O)N4CCC[C@H]4C=N5)c(OC)c3)CC2)ccc1OCCCCCCCCOc1cc2c(cc1OC)C(=O)N1CCC[C@H]1C=N2. The Morgan fingerprint density at radius 2 is 0.786 bits per heavy atom. The molecule has 448 valence electrons. The maximum Gasteiger partial charge on any atom is 0.256 e. The van der Waals surface area contributed by atoms with Gasteiger partial charge in [0.1, 0.15) is 0 Å². The molecular weight excluding hydrogens is 1070 g/mol. The molecule has 0 radical (unpaired) electrons. The fourth-order valence-corrected chi connectivity index (χ4v) is 11.3. The van der Waals surface area contributed by atoms with Gasteiger partial charge in [-0.05, 0) is 111 Å². The van der Waals surface area contributed by atoms with E-state index in [1.807, 2.05) is 70.8 Å². The van der Waals surface area contributed by atoms with Gasteiger partial charge < -0.3 is 57.5 Å². The highest BCUT2D eigenvalue weighted by atomic mass is 16.5. The molecule has 0 aliphatic carbocycles. The highest BCUT2D eigenvalue weighted by Crippen LogP contribution is 2.40. The number of carbonyl (C=O) groups excluding carboxylic acids is 4. The van der Waals surface area contributed by atoms with Crippen LogP contribution in [0.5, 0.6) is 46.0 Å². The summed E-state index contributed by atoms with van der Waals surface area (Å²) in [5.74, 6) is 4.59. The van der Waals surface area contributed by atoms with E-state index < -0.39 is 0 Å². The second kappa shape index (κ2) is 30.5. The van der Waals surface area contributed by atoms with Crippen molar-refractivity contribution >= 4 is 59.6 Å². The Balaban J connectivity index is 0.605. The minimum Gasteiger partial charge on any atom is -0.493 e. The number of hydrogen-bond donors (Lipinski definition) is 0. The number of hydrogen-bond acceptors (Lipinski definition) is 14. The Bertz CT molecular complexity index is 2840. The fourth-order valence-electron chi connectivity index (χ4n) is 11.3. The van der Waals surface area contributed by atoms with E-state index in [-0.39, 0.29) is 35.7 Å². The second-order valence-corrected chi connectivity index (χ2v) is 21.8. The van der Waals surface area contributed by atoms with E-state index in [4.69, 9.17) is 37.9 Å². The van der Waals surface area contributed by atoms with Crippen LogP contribution < -0.4 is 37.9 Å². The van der Waals surface area contributed by atoms with Crippen molar-refractivity contribution in [2.75, 3.05) is 94.1 Å².